The lowest BCUT2D eigenvalue weighted by Gasteiger charge is -2.25. The number of ether oxygens (including phenoxy) is 3. The third kappa shape index (κ3) is 20.5. The van der Waals surface area contributed by atoms with E-state index in [2.05, 4.69) is 91.5 Å². The van der Waals surface area contributed by atoms with E-state index in [9.17, 15) is 59.3 Å². The number of nitrogens with one attached hydrogen (secondary N) is 3. The number of nitrogens with two attached hydrogens (primary N) is 3. The first-order valence-electron chi connectivity index (χ1n) is 34.8. The molecule has 3 aliphatic carbocycles. The number of hydrogen-bond acceptors (Lipinski definition) is 31. The minimum absolute atomic E-state index is 0.214. The van der Waals surface area contributed by atoms with E-state index in [0.29, 0.717) is 112 Å². The van der Waals surface area contributed by atoms with Crippen molar-refractivity contribution in [2.45, 2.75) is 113 Å². The molecule has 9 aromatic rings. The number of pyridine rings is 1. The van der Waals surface area contributed by atoms with Crippen LogP contribution in [0.5, 0.6) is 0 Å². The number of carbonyl (C=O) groups excluding carboxylic acids is 3. The highest BCUT2D eigenvalue weighted by molar-refractivity contribution is 9.10. The summed E-state index contributed by atoms with van der Waals surface area (Å²) in [4.78, 5) is 71.0. The zero-order valence-electron chi connectivity index (χ0n) is 58.5. The molecule has 0 bridgehead atoms. The van der Waals surface area contributed by atoms with Crippen molar-refractivity contribution in [3.63, 3.8) is 0 Å². The predicted octanol–water partition coefficient (Wildman–Crippen LogP) is 7.56. The topological polar surface area (TPSA) is 474 Å². The molecule has 40 heteroatoms. The van der Waals surface area contributed by atoms with Crippen LogP contribution in [-0.4, -0.2) is 169 Å². The maximum atomic E-state index is 13.9. The number of ketones is 3. The Labute approximate surface area is 662 Å². The molecule has 15 rings (SSSR count). The van der Waals surface area contributed by atoms with Crippen molar-refractivity contribution in [3.05, 3.63) is 217 Å². The van der Waals surface area contributed by atoms with E-state index in [-0.39, 0.29) is 78.3 Å². The van der Waals surface area contributed by atoms with Crippen molar-refractivity contribution in [3.8, 4) is 0 Å². The Kier molecular flexibility index (Phi) is 26.0. The maximum absolute atomic E-state index is 13.9. The SMILES string of the molecule is NS(=O)(=O)OC[C@H]1C[C@@H](Nc2ncncc2C(=O)c2cc(C3OCCc4ccc(Br)cc43)cs2)C[C@@H]1O.NS(=O)(=O)OC[C@H]1C[C@@H](Nc2ncncc2C(=O)c2cc(C3OCCc4ccc(F)cc43)cs2)C[C@@H]1O.NS(=O)(=O)OC[C@H]1C[C@@H](Nc2ncncc2C(=O)c2cc(C3OCCc4cccnc43)c(Cl)s2)C[C@@H]1O. The lowest BCUT2D eigenvalue weighted by atomic mass is 9.94. The van der Waals surface area contributed by atoms with Gasteiger partial charge in [-0.05, 0) is 156 Å². The van der Waals surface area contributed by atoms with Gasteiger partial charge < -0.3 is 45.5 Å². The Hall–Kier alpha value is -7.59. The molecule has 10 heterocycles. The summed E-state index contributed by atoms with van der Waals surface area (Å²) in [5.74, 6) is -1.52. The van der Waals surface area contributed by atoms with Gasteiger partial charge in [-0.2, -0.15) is 25.3 Å². The van der Waals surface area contributed by atoms with Crippen LogP contribution in [0.1, 0.15) is 153 Å². The molecule has 588 valence electrons. The highest BCUT2D eigenvalue weighted by atomic mass is 79.9. The fourth-order valence-electron chi connectivity index (χ4n) is 14.3. The summed E-state index contributed by atoms with van der Waals surface area (Å²) < 4.78 is 114. The van der Waals surface area contributed by atoms with Crippen LogP contribution in [0.3, 0.4) is 0 Å². The summed E-state index contributed by atoms with van der Waals surface area (Å²) in [6, 6.07) is 19.3. The van der Waals surface area contributed by atoms with Gasteiger partial charge in [0.05, 0.1) is 99.3 Å². The van der Waals surface area contributed by atoms with Crippen LogP contribution in [0.15, 0.2) is 126 Å². The van der Waals surface area contributed by atoms with E-state index in [4.69, 9.17) is 41.2 Å². The van der Waals surface area contributed by atoms with E-state index in [1.165, 1.54) is 77.9 Å². The molecule has 6 aliphatic rings. The summed E-state index contributed by atoms with van der Waals surface area (Å²) in [5, 5.41) is 59.0. The van der Waals surface area contributed by atoms with Gasteiger partial charge in [-0.1, -0.05) is 45.7 Å². The molecule has 3 unspecified atom stereocenters. The molecule has 0 spiro atoms. The molecular formula is C71H74BrClFN13O18S6. The van der Waals surface area contributed by atoms with Crippen molar-refractivity contribution in [1.29, 1.82) is 0 Å². The molecule has 3 aliphatic heterocycles. The Balaban J connectivity index is 0.000000146. The van der Waals surface area contributed by atoms with E-state index >= 15 is 0 Å². The van der Waals surface area contributed by atoms with E-state index in [0.717, 1.165) is 67.7 Å². The average molecular weight is 1720 g/mol. The van der Waals surface area contributed by atoms with Crippen molar-refractivity contribution in [2.75, 3.05) is 55.6 Å². The second-order valence-electron chi connectivity index (χ2n) is 27.2. The van der Waals surface area contributed by atoms with Gasteiger partial charge in [0, 0.05) is 70.7 Å². The Morgan fingerprint density at radius 2 is 0.946 bits per heavy atom. The Morgan fingerprint density at radius 3 is 1.40 bits per heavy atom. The summed E-state index contributed by atoms with van der Waals surface area (Å²) >= 11 is 13.8. The number of benzene rings is 2. The zero-order chi connectivity index (χ0) is 78.5. The summed E-state index contributed by atoms with van der Waals surface area (Å²) in [6.07, 6.45) is 10.9. The van der Waals surface area contributed by atoms with Gasteiger partial charge in [-0.25, -0.2) is 49.7 Å². The fraction of sp³-hybridized carbons (Fsp3) is 0.380. The number of rotatable bonds is 24. The largest absolute Gasteiger partial charge is 0.393 e. The standard InChI is InChI=1S/C24H25BrN4O6S2.C24H25FN4O6S2.C23H24ClN5O6S2/c2*25-16-2-1-13-3-4-34-23(18(13)7-16)15-6-21(36-11-15)22(31)19-9-27-12-28-24(19)29-17-5-14(20(30)8-17)10-35-37(26,32)33;24-22-15(21-19-12(3-5-34-21)2-1-4-27-19)8-18(36-22)20(31)16-9-26-11-28-23(16)29-14-6-13(17(30)7-14)10-35-37(25,32)33/h2*1-2,6-7,9,11-12,14,17,20,23,30H,3-5,8,10H2,(H2,26,32,33)(H,27,28,29);1-2,4,8-9,11,13-14,17,21,30H,3,5-7,10H2,(H2,25,32,33)(H,26,28,29)/t2*14-,17-,20+,23?;13-,14-,17+,21?/m111/s1. The third-order valence-electron chi connectivity index (χ3n) is 19.6. The number of aromatic nitrogens is 7. The third-order valence-corrected chi connectivity index (χ3v) is 24.8. The number of halogens is 3. The molecule has 31 nitrogen and oxygen atoms in total. The van der Waals surface area contributed by atoms with Crippen LogP contribution < -0.4 is 31.4 Å². The molecule has 7 aromatic heterocycles. The first-order chi connectivity index (χ1) is 53.0. The number of carbonyl (C=O) groups is 3. The van der Waals surface area contributed by atoms with E-state index in [1.54, 1.807) is 24.4 Å². The molecule has 0 saturated heterocycles. The van der Waals surface area contributed by atoms with Crippen molar-refractivity contribution < 1.29 is 86.1 Å². The minimum Gasteiger partial charge on any atom is -0.393 e. The van der Waals surface area contributed by atoms with Crippen LogP contribution in [0.4, 0.5) is 21.8 Å². The van der Waals surface area contributed by atoms with Crippen LogP contribution in [0, 0.1) is 23.6 Å². The molecule has 2 aromatic carbocycles. The highest BCUT2D eigenvalue weighted by Gasteiger charge is 2.39. The van der Waals surface area contributed by atoms with Crippen LogP contribution in [0.2, 0.25) is 4.34 Å². The average Bonchev–Trinajstić information content (AvgIpc) is 1.66. The van der Waals surface area contributed by atoms with Crippen molar-refractivity contribution in [2.24, 2.45) is 33.2 Å². The van der Waals surface area contributed by atoms with Gasteiger partial charge in [0.25, 0.3) is 0 Å². The van der Waals surface area contributed by atoms with Gasteiger partial charge in [0.1, 0.15) is 60.6 Å². The van der Waals surface area contributed by atoms with Crippen molar-refractivity contribution in [1.82, 2.24) is 34.9 Å². The van der Waals surface area contributed by atoms with Crippen LogP contribution in [0.25, 0.3) is 0 Å². The van der Waals surface area contributed by atoms with Gasteiger partial charge in [0.2, 0.25) is 17.3 Å². The van der Waals surface area contributed by atoms with Crippen LogP contribution >= 0.6 is 61.5 Å². The minimum atomic E-state index is -4.11. The Bertz CT molecular complexity index is 5060. The summed E-state index contributed by atoms with van der Waals surface area (Å²) in [7, 11) is -12.3. The second kappa shape index (κ2) is 35.4. The lowest BCUT2D eigenvalue weighted by Crippen LogP contribution is -2.24. The number of thiophene rings is 3. The van der Waals surface area contributed by atoms with E-state index in [1.807, 2.05) is 35.0 Å². The second-order valence-corrected chi connectivity index (χ2v) is 35.2. The number of anilines is 3. The molecule has 3 saturated carbocycles. The number of hydrogen-bond donors (Lipinski definition) is 9. The Morgan fingerprint density at radius 1 is 0.532 bits per heavy atom. The van der Waals surface area contributed by atoms with Gasteiger partial charge in [-0.15, -0.1) is 34.0 Å². The molecule has 12 N–H and O–H groups in total. The molecule has 12 atom stereocenters. The quantitative estimate of drug-likeness (QED) is 0.0263. The fourth-order valence-corrected chi connectivity index (χ4v) is 18.8. The summed E-state index contributed by atoms with van der Waals surface area (Å²) in [5.41, 5.74) is 9.14. The number of aliphatic hydroxyl groups is 3. The lowest BCUT2D eigenvalue weighted by molar-refractivity contribution is 0.0667. The first-order valence-corrected chi connectivity index (χ1v) is 42.9. The predicted molar refractivity (Wildman–Crippen MR) is 409 cm³/mol. The normalized spacial score (nSPS) is 23.5. The first kappa shape index (κ1) is 81.4. The van der Waals surface area contributed by atoms with Gasteiger partial charge in [-0.3, -0.25) is 31.9 Å². The molecule has 0 amide bonds. The van der Waals surface area contributed by atoms with Gasteiger partial charge in [0.15, 0.2) is 0 Å². The van der Waals surface area contributed by atoms with Crippen LogP contribution in [-0.2, 0) is 76.9 Å². The maximum Gasteiger partial charge on any atom is 0.333 e. The molecular weight excluding hydrogens is 1650 g/mol. The zero-order valence-corrected chi connectivity index (χ0v) is 65.7. The molecule has 0 radical (unpaired) electrons. The van der Waals surface area contributed by atoms with Crippen molar-refractivity contribution >= 4 is 127 Å². The molecule has 111 heavy (non-hydrogen) atoms. The van der Waals surface area contributed by atoms with E-state index < -0.39 is 79.2 Å². The highest BCUT2D eigenvalue weighted by Crippen LogP contribution is 2.43. The van der Waals surface area contributed by atoms with Gasteiger partial charge >= 0.3 is 30.9 Å². The number of fused-ring (bicyclic) bond motifs is 3. The molecule has 3 fully saturated rings. The summed E-state index contributed by atoms with van der Waals surface area (Å²) in [6.45, 7) is 0.951. The monoisotopic (exact) mass is 1720 g/mol. The number of aliphatic hydroxyl groups excluding tert-OH is 3. The smallest absolute Gasteiger partial charge is 0.333 e. The number of nitrogens with zero attached hydrogens (tertiary/aromatic N) is 7.